The minimum Gasteiger partial charge on any atom is -0.464 e. The van der Waals surface area contributed by atoms with Crippen LogP contribution >= 0.6 is 15.9 Å². The van der Waals surface area contributed by atoms with Crippen molar-refractivity contribution in [3.8, 4) is 0 Å². The lowest BCUT2D eigenvalue weighted by atomic mass is 10.2. The van der Waals surface area contributed by atoms with Gasteiger partial charge in [0.05, 0.1) is 18.3 Å². The molecule has 1 unspecified atom stereocenters. The van der Waals surface area contributed by atoms with E-state index in [1.54, 1.807) is 23.1 Å². The molecule has 190 valence electrons. The fourth-order valence-corrected chi connectivity index (χ4v) is 4.46. The van der Waals surface area contributed by atoms with Crippen molar-refractivity contribution in [3.63, 3.8) is 0 Å². The van der Waals surface area contributed by atoms with Gasteiger partial charge in [0.15, 0.2) is 0 Å². The molecule has 2 aromatic carbocycles. The number of aryl methyl sites for hydroxylation is 1. The van der Waals surface area contributed by atoms with Crippen molar-refractivity contribution in [2.45, 2.75) is 39.0 Å². The zero-order chi connectivity index (χ0) is 25.5. The number of anilines is 1. The molecule has 1 fully saturated rings. The van der Waals surface area contributed by atoms with Gasteiger partial charge in [0.1, 0.15) is 23.9 Å². The second kappa shape index (κ2) is 12.2. The Bertz CT molecular complexity index is 1180. The molecule has 2 heterocycles. The van der Waals surface area contributed by atoms with Crippen LogP contribution in [-0.4, -0.2) is 47.5 Å². The molecule has 4 rings (SSSR count). The maximum atomic E-state index is 13.6. The van der Waals surface area contributed by atoms with Gasteiger partial charge in [-0.3, -0.25) is 4.79 Å². The maximum Gasteiger partial charge on any atom is 0.322 e. The second-order valence-electron chi connectivity index (χ2n) is 8.81. The molecule has 1 saturated heterocycles. The molecule has 3 aromatic rings. The van der Waals surface area contributed by atoms with E-state index in [4.69, 9.17) is 9.15 Å². The first-order chi connectivity index (χ1) is 17.4. The van der Waals surface area contributed by atoms with Crippen molar-refractivity contribution >= 4 is 33.6 Å². The molecule has 0 aliphatic carbocycles. The summed E-state index contributed by atoms with van der Waals surface area (Å²) in [6.45, 7) is 3.11. The van der Waals surface area contributed by atoms with Gasteiger partial charge in [0, 0.05) is 24.2 Å². The molecule has 0 saturated carbocycles. The second-order valence-corrected chi connectivity index (χ2v) is 9.67. The fraction of sp³-hybridized carbons (Fsp3) is 0.333. The Kier molecular flexibility index (Phi) is 8.77. The highest BCUT2D eigenvalue weighted by atomic mass is 79.9. The molecule has 7 nitrogen and oxygen atoms in total. The van der Waals surface area contributed by atoms with Crippen LogP contribution in [0.15, 0.2) is 69.6 Å². The lowest BCUT2D eigenvalue weighted by Crippen LogP contribution is -2.46. The zero-order valence-electron chi connectivity index (χ0n) is 20.1. The van der Waals surface area contributed by atoms with Gasteiger partial charge in [-0.05, 0) is 77.7 Å². The van der Waals surface area contributed by atoms with Gasteiger partial charge in [-0.2, -0.15) is 0 Å². The number of urea groups is 1. The topological polar surface area (TPSA) is 75.0 Å². The van der Waals surface area contributed by atoms with Gasteiger partial charge in [-0.15, -0.1) is 0 Å². The molecule has 1 N–H and O–H groups in total. The van der Waals surface area contributed by atoms with Crippen LogP contribution in [0.4, 0.5) is 14.9 Å². The number of ether oxygens (including phenoxy) is 1. The van der Waals surface area contributed by atoms with Crippen molar-refractivity contribution in [3.05, 3.63) is 88.0 Å². The van der Waals surface area contributed by atoms with Crippen LogP contribution in [0, 0.1) is 12.7 Å². The van der Waals surface area contributed by atoms with Gasteiger partial charge in [0.25, 0.3) is 0 Å². The lowest BCUT2D eigenvalue weighted by Gasteiger charge is -2.29. The fourth-order valence-electron chi connectivity index (χ4n) is 4.07. The number of nitrogens with zero attached hydrogens (tertiary/aromatic N) is 2. The quantitative estimate of drug-likeness (QED) is 0.364. The Labute approximate surface area is 218 Å². The average Bonchev–Trinajstić information content (AvgIpc) is 3.52. The van der Waals surface area contributed by atoms with E-state index in [2.05, 4.69) is 21.2 Å². The van der Waals surface area contributed by atoms with Gasteiger partial charge in [-0.25, -0.2) is 9.18 Å². The largest absolute Gasteiger partial charge is 0.464 e. The molecule has 36 heavy (non-hydrogen) atoms. The van der Waals surface area contributed by atoms with E-state index in [1.807, 2.05) is 37.3 Å². The maximum absolute atomic E-state index is 13.6. The summed E-state index contributed by atoms with van der Waals surface area (Å²) < 4.78 is 25.6. The number of para-hydroxylation sites is 1. The number of carbonyl (C=O) groups excluding carboxylic acids is 2. The van der Waals surface area contributed by atoms with Gasteiger partial charge in [-0.1, -0.05) is 24.3 Å². The molecular formula is C27H29BrFN3O4. The Hall–Kier alpha value is -3.17. The Morgan fingerprint density at radius 3 is 2.50 bits per heavy atom. The third kappa shape index (κ3) is 7.18. The van der Waals surface area contributed by atoms with Crippen molar-refractivity contribution in [1.82, 2.24) is 9.80 Å². The summed E-state index contributed by atoms with van der Waals surface area (Å²) in [7, 11) is 0. The van der Waals surface area contributed by atoms with E-state index in [9.17, 15) is 14.0 Å². The summed E-state index contributed by atoms with van der Waals surface area (Å²) in [5, 5.41) is 2.89. The number of furan rings is 1. The highest BCUT2D eigenvalue weighted by Gasteiger charge is 2.27. The average molecular weight is 558 g/mol. The molecular weight excluding hydrogens is 529 g/mol. The van der Waals surface area contributed by atoms with Crippen LogP contribution in [0.25, 0.3) is 0 Å². The summed E-state index contributed by atoms with van der Waals surface area (Å²) in [6.07, 6.45) is 1.63. The van der Waals surface area contributed by atoms with E-state index in [0.29, 0.717) is 24.6 Å². The Morgan fingerprint density at radius 1 is 1.06 bits per heavy atom. The molecule has 1 aromatic heterocycles. The first kappa shape index (κ1) is 25.9. The van der Waals surface area contributed by atoms with Gasteiger partial charge in [0.2, 0.25) is 5.91 Å². The highest BCUT2D eigenvalue weighted by Crippen LogP contribution is 2.22. The number of hydrogen-bond donors (Lipinski definition) is 1. The van der Waals surface area contributed by atoms with Crippen molar-refractivity contribution < 1.29 is 23.1 Å². The van der Waals surface area contributed by atoms with Crippen LogP contribution in [0.2, 0.25) is 0 Å². The predicted molar refractivity (Wildman–Crippen MR) is 138 cm³/mol. The van der Waals surface area contributed by atoms with E-state index in [0.717, 1.165) is 28.6 Å². The molecule has 0 bridgehead atoms. The van der Waals surface area contributed by atoms with Crippen LogP contribution in [0.3, 0.4) is 0 Å². The minimum absolute atomic E-state index is 0.124. The van der Waals surface area contributed by atoms with E-state index in [-0.39, 0.29) is 43.5 Å². The molecule has 1 aliphatic rings. The summed E-state index contributed by atoms with van der Waals surface area (Å²) in [6, 6.07) is 16.6. The first-order valence-corrected chi connectivity index (χ1v) is 12.7. The minimum atomic E-state index is -0.388. The zero-order valence-corrected chi connectivity index (χ0v) is 21.7. The number of hydrogen-bond acceptors (Lipinski definition) is 4. The Balaban J connectivity index is 1.52. The number of amides is 3. The molecule has 0 spiro atoms. The summed E-state index contributed by atoms with van der Waals surface area (Å²) in [5.74, 6) is 0.775. The smallest absolute Gasteiger partial charge is 0.322 e. The lowest BCUT2D eigenvalue weighted by molar-refractivity contribution is -0.133. The predicted octanol–water partition coefficient (Wildman–Crippen LogP) is 5.73. The molecule has 9 heteroatoms. The summed E-state index contributed by atoms with van der Waals surface area (Å²) in [4.78, 5) is 29.9. The number of halogens is 2. The van der Waals surface area contributed by atoms with Crippen molar-refractivity contribution in [2.75, 3.05) is 25.0 Å². The summed E-state index contributed by atoms with van der Waals surface area (Å²) in [5.41, 5.74) is 1.39. The third-order valence-electron chi connectivity index (χ3n) is 5.96. The molecule has 3 amide bonds. The molecule has 1 atom stereocenters. The van der Waals surface area contributed by atoms with Crippen LogP contribution in [0.1, 0.15) is 29.9 Å². The standard InChI is InChI=1S/C27H29BrFN3O4/c1-19-8-13-23(36-19)17-31(15-20-9-11-21(29)12-10-20)26(33)18-32(16-22-5-4-14-35-22)27(34)30-25-7-3-2-6-24(25)28/h2-3,6-13,22H,4-5,14-18H2,1H3,(H,30,34). The number of rotatable bonds is 9. The molecule has 0 radical (unpaired) electrons. The first-order valence-electron chi connectivity index (χ1n) is 11.9. The van der Waals surface area contributed by atoms with Crippen molar-refractivity contribution in [2.24, 2.45) is 0 Å². The SMILES string of the molecule is Cc1ccc(CN(Cc2ccc(F)cc2)C(=O)CN(CC2CCCO2)C(=O)Nc2ccccc2Br)o1. The van der Waals surface area contributed by atoms with Gasteiger partial charge < -0.3 is 24.3 Å². The number of benzene rings is 2. The highest BCUT2D eigenvalue weighted by molar-refractivity contribution is 9.10. The normalized spacial score (nSPS) is 15.0. The van der Waals surface area contributed by atoms with Gasteiger partial charge >= 0.3 is 6.03 Å². The van der Waals surface area contributed by atoms with E-state index < -0.39 is 0 Å². The van der Waals surface area contributed by atoms with E-state index in [1.165, 1.54) is 17.0 Å². The monoisotopic (exact) mass is 557 g/mol. The number of carbonyl (C=O) groups is 2. The molecule has 1 aliphatic heterocycles. The van der Waals surface area contributed by atoms with E-state index >= 15 is 0 Å². The number of nitrogens with one attached hydrogen (secondary N) is 1. The summed E-state index contributed by atoms with van der Waals surface area (Å²) >= 11 is 3.45. The van der Waals surface area contributed by atoms with Crippen LogP contribution in [0.5, 0.6) is 0 Å². The Morgan fingerprint density at radius 2 is 1.83 bits per heavy atom. The van der Waals surface area contributed by atoms with Crippen molar-refractivity contribution in [1.29, 1.82) is 0 Å². The van der Waals surface area contributed by atoms with Crippen LogP contribution in [-0.2, 0) is 22.6 Å². The van der Waals surface area contributed by atoms with Crippen LogP contribution < -0.4 is 5.32 Å². The third-order valence-corrected chi connectivity index (χ3v) is 6.65.